The minimum absolute atomic E-state index is 0.0973. The third kappa shape index (κ3) is 3.72. The summed E-state index contributed by atoms with van der Waals surface area (Å²) < 4.78 is 8.04. The second-order valence-electron chi connectivity index (χ2n) is 4.40. The van der Waals surface area contributed by atoms with Gasteiger partial charge in [-0.3, -0.25) is 4.52 Å². The van der Waals surface area contributed by atoms with Gasteiger partial charge in [0.05, 0.1) is 5.69 Å². The minimum atomic E-state index is -0.350. The SMILES string of the molecule is CC[n+]1cc(/N=C(\[O-])CSc2nnnn2-c2ccccc2)on1. The van der Waals surface area contributed by atoms with E-state index >= 15 is 0 Å². The lowest BCUT2D eigenvalue weighted by Gasteiger charge is -2.08. The van der Waals surface area contributed by atoms with Crippen LogP contribution in [0.25, 0.3) is 5.69 Å². The highest BCUT2D eigenvalue weighted by molar-refractivity contribution is 7.99. The van der Waals surface area contributed by atoms with E-state index in [1.807, 2.05) is 37.3 Å². The number of benzene rings is 1. The first-order valence-electron chi connectivity index (χ1n) is 6.84. The standard InChI is InChI=1S/C13H13N7O2S/c1-2-19-8-12(22-18-19)14-11(21)9-23-13-15-16-17-20(13)10-6-4-3-5-7-10/h3-8H,2,9H2,1H3. The van der Waals surface area contributed by atoms with Crippen molar-refractivity contribution in [2.75, 3.05) is 5.75 Å². The maximum atomic E-state index is 11.9. The molecule has 118 valence electrons. The van der Waals surface area contributed by atoms with Crippen molar-refractivity contribution in [3.05, 3.63) is 36.5 Å². The Morgan fingerprint density at radius 3 is 2.96 bits per heavy atom. The van der Waals surface area contributed by atoms with Gasteiger partial charge in [0.2, 0.25) is 10.4 Å². The van der Waals surface area contributed by atoms with Gasteiger partial charge in [-0.1, -0.05) is 34.6 Å². The van der Waals surface area contributed by atoms with Crippen molar-refractivity contribution in [3.8, 4) is 5.69 Å². The Morgan fingerprint density at radius 2 is 2.22 bits per heavy atom. The van der Waals surface area contributed by atoms with Crippen LogP contribution < -0.4 is 9.79 Å². The van der Waals surface area contributed by atoms with Gasteiger partial charge in [-0.2, -0.15) is 4.68 Å². The van der Waals surface area contributed by atoms with Crippen LogP contribution in [0.4, 0.5) is 5.88 Å². The average Bonchev–Trinajstić information content (AvgIpc) is 3.22. The Labute approximate surface area is 135 Å². The molecule has 0 bridgehead atoms. The van der Waals surface area contributed by atoms with Crippen molar-refractivity contribution < 1.29 is 14.3 Å². The van der Waals surface area contributed by atoms with Crippen LogP contribution in [-0.2, 0) is 6.54 Å². The van der Waals surface area contributed by atoms with Gasteiger partial charge < -0.3 is 5.11 Å². The predicted molar refractivity (Wildman–Crippen MR) is 79.3 cm³/mol. The molecular weight excluding hydrogens is 318 g/mol. The number of aryl methyl sites for hydroxylation is 1. The monoisotopic (exact) mass is 331 g/mol. The van der Waals surface area contributed by atoms with Gasteiger partial charge in [-0.25, -0.2) is 4.99 Å². The summed E-state index contributed by atoms with van der Waals surface area (Å²) in [5.41, 5.74) is 0.823. The molecule has 10 heteroatoms. The normalized spacial score (nSPS) is 11.8. The smallest absolute Gasteiger partial charge is 0.320 e. The quantitative estimate of drug-likeness (QED) is 0.273. The van der Waals surface area contributed by atoms with E-state index in [-0.39, 0.29) is 17.5 Å². The fraction of sp³-hybridized carbons (Fsp3) is 0.231. The summed E-state index contributed by atoms with van der Waals surface area (Å²) in [7, 11) is 0. The highest BCUT2D eigenvalue weighted by atomic mass is 32.2. The zero-order valence-electron chi connectivity index (χ0n) is 12.2. The molecule has 9 nitrogen and oxygen atoms in total. The minimum Gasteiger partial charge on any atom is -0.861 e. The molecule has 0 saturated heterocycles. The van der Waals surface area contributed by atoms with Crippen LogP contribution in [0.5, 0.6) is 0 Å². The van der Waals surface area contributed by atoms with E-state index in [0.29, 0.717) is 11.7 Å². The Bertz CT molecular complexity index is 800. The molecular formula is C13H13N7O2S. The van der Waals surface area contributed by atoms with E-state index < -0.39 is 0 Å². The Balaban J connectivity index is 1.68. The molecule has 0 saturated carbocycles. The summed E-state index contributed by atoms with van der Waals surface area (Å²) in [5.74, 6) is -0.0721. The first-order valence-corrected chi connectivity index (χ1v) is 7.82. The summed E-state index contributed by atoms with van der Waals surface area (Å²) >= 11 is 1.20. The Hall–Kier alpha value is -2.75. The molecule has 0 radical (unpaired) electrons. The number of thioether (sulfide) groups is 1. The number of hydrogen-bond donors (Lipinski definition) is 0. The maximum Gasteiger partial charge on any atom is 0.320 e. The van der Waals surface area contributed by atoms with Crippen LogP contribution >= 0.6 is 11.8 Å². The lowest BCUT2D eigenvalue weighted by Crippen LogP contribution is -2.32. The first-order chi connectivity index (χ1) is 11.3. The molecule has 3 aromatic rings. The van der Waals surface area contributed by atoms with Crippen molar-refractivity contribution >= 4 is 23.5 Å². The molecule has 0 fully saturated rings. The Kier molecular flexibility index (Phi) is 4.62. The highest BCUT2D eigenvalue weighted by Crippen LogP contribution is 2.18. The molecule has 0 unspecified atom stereocenters. The maximum absolute atomic E-state index is 11.9. The van der Waals surface area contributed by atoms with Crippen LogP contribution in [0.15, 0.2) is 51.2 Å². The van der Waals surface area contributed by atoms with E-state index in [1.165, 1.54) is 11.8 Å². The van der Waals surface area contributed by atoms with Crippen LogP contribution in [0.1, 0.15) is 6.92 Å². The molecule has 0 N–H and O–H groups in total. The number of tetrazole rings is 1. The summed E-state index contributed by atoms with van der Waals surface area (Å²) in [6.45, 7) is 2.56. The van der Waals surface area contributed by atoms with Crippen LogP contribution in [0, 0.1) is 0 Å². The summed E-state index contributed by atoms with van der Waals surface area (Å²) in [5, 5.41) is 27.6. The Morgan fingerprint density at radius 1 is 1.39 bits per heavy atom. The zero-order valence-corrected chi connectivity index (χ0v) is 13.1. The summed E-state index contributed by atoms with van der Waals surface area (Å²) in [4.78, 5) is 3.84. The molecule has 1 aromatic carbocycles. The van der Waals surface area contributed by atoms with Gasteiger partial charge in [0.1, 0.15) is 0 Å². The average molecular weight is 331 g/mol. The molecule has 23 heavy (non-hydrogen) atoms. The number of para-hydroxylation sites is 1. The molecule has 0 amide bonds. The van der Waals surface area contributed by atoms with E-state index in [2.05, 4.69) is 25.8 Å². The van der Waals surface area contributed by atoms with Crippen molar-refractivity contribution in [2.45, 2.75) is 18.6 Å². The fourth-order valence-electron chi connectivity index (χ4n) is 1.75. The fourth-order valence-corrected chi connectivity index (χ4v) is 2.42. The molecule has 3 rings (SSSR count). The van der Waals surface area contributed by atoms with E-state index in [9.17, 15) is 5.11 Å². The molecule has 0 aliphatic rings. The second-order valence-corrected chi connectivity index (χ2v) is 5.34. The number of hydrogen-bond acceptors (Lipinski definition) is 8. The van der Waals surface area contributed by atoms with Gasteiger partial charge in [-0.15, -0.1) is 5.10 Å². The van der Waals surface area contributed by atoms with E-state index in [1.54, 1.807) is 15.6 Å². The first kappa shape index (κ1) is 15.2. The lowest BCUT2D eigenvalue weighted by molar-refractivity contribution is -0.759. The highest BCUT2D eigenvalue weighted by Gasteiger charge is 2.10. The van der Waals surface area contributed by atoms with E-state index in [4.69, 9.17) is 4.52 Å². The molecule has 0 aliphatic heterocycles. The van der Waals surface area contributed by atoms with Gasteiger partial charge in [0, 0.05) is 5.75 Å². The third-order valence-electron chi connectivity index (χ3n) is 2.82. The van der Waals surface area contributed by atoms with E-state index in [0.717, 1.165) is 5.69 Å². The van der Waals surface area contributed by atoms with Crippen LogP contribution in [-0.4, -0.2) is 37.1 Å². The van der Waals surface area contributed by atoms with Gasteiger partial charge >= 0.3 is 5.88 Å². The largest absolute Gasteiger partial charge is 0.861 e. The summed E-state index contributed by atoms with van der Waals surface area (Å²) in [6, 6.07) is 9.44. The zero-order chi connectivity index (χ0) is 16.1. The van der Waals surface area contributed by atoms with Gasteiger partial charge in [0.25, 0.3) is 6.20 Å². The van der Waals surface area contributed by atoms with Crippen molar-refractivity contribution in [3.63, 3.8) is 0 Å². The second kappa shape index (κ2) is 7.01. The van der Waals surface area contributed by atoms with Gasteiger partial charge in [0.15, 0.2) is 6.54 Å². The molecule has 0 spiro atoms. The number of rotatable bonds is 6. The number of aliphatic imine (C=N–C) groups is 1. The molecule has 2 aromatic heterocycles. The molecule has 0 atom stereocenters. The number of nitrogens with zero attached hydrogens (tertiary/aromatic N) is 7. The number of aromatic nitrogens is 6. The third-order valence-corrected chi connectivity index (χ3v) is 3.73. The topological polar surface area (TPSA) is 109 Å². The lowest BCUT2D eigenvalue weighted by atomic mass is 10.3. The predicted octanol–water partition coefficient (Wildman–Crippen LogP) is 0.140. The van der Waals surface area contributed by atoms with Crippen LogP contribution in [0.2, 0.25) is 0 Å². The van der Waals surface area contributed by atoms with Crippen molar-refractivity contribution in [1.82, 2.24) is 25.5 Å². The summed E-state index contributed by atoms with van der Waals surface area (Å²) in [6.07, 6.45) is 1.57. The van der Waals surface area contributed by atoms with Crippen LogP contribution in [0.3, 0.4) is 0 Å². The van der Waals surface area contributed by atoms with Crippen molar-refractivity contribution in [1.29, 1.82) is 0 Å². The van der Waals surface area contributed by atoms with Crippen molar-refractivity contribution in [2.24, 2.45) is 4.99 Å². The molecule has 2 heterocycles. The molecule has 0 aliphatic carbocycles. The van der Waals surface area contributed by atoms with Gasteiger partial charge in [-0.05, 0) is 35.4 Å².